The van der Waals surface area contributed by atoms with Crippen LogP contribution in [0.2, 0.25) is 0 Å². The van der Waals surface area contributed by atoms with Crippen LogP contribution in [0.4, 0.5) is 0 Å². The minimum Gasteiger partial charge on any atom is -0.284 e. The van der Waals surface area contributed by atoms with Gasteiger partial charge in [0.25, 0.3) is 0 Å². The summed E-state index contributed by atoms with van der Waals surface area (Å²) in [4.78, 5) is 18.5. The van der Waals surface area contributed by atoms with E-state index in [0.29, 0.717) is 0 Å². The van der Waals surface area contributed by atoms with Crippen molar-refractivity contribution in [3.8, 4) is 39.8 Å². The SMILES string of the molecule is Cc1cccc(-c2n[nH]cc2-c2ccc3ncc(-c4ccnc(C(C)(C)C#N)c4)cc3n2)n1. The summed E-state index contributed by atoms with van der Waals surface area (Å²) < 4.78 is 0. The molecule has 5 heterocycles. The van der Waals surface area contributed by atoms with E-state index in [1.54, 1.807) is 6.20 Å². The number of H-pyrrole nitrogens is 1. The Hall–Kier alpha value is -4.44. The fourth-order valence-electron chi connectivity index (χ4n) is 3.68. The molecular formula is C26H21N7. The lowest BCUT2D eigenvalue weighted by Crippen LogP contribution is -2.15. The molecule has 7 heteroatoms. The van der Waals surface area contributed by atoms with Crippen molar-refractivity contribution < 1.29 is 0 Å². The molecule has 0 spiro atoms. The molecule has 7 nitrogen and oxygen atoms in total. The van der Waals surface area contributed by atoms with Crippen LogP contribution in [0.3, 0.4) is 0 Å². The number of rotatable bonds is 4. The molecule has 0 saturated heterocycles. The highest BCUT2D eigenvalue weighted by molar-refractivity contribution is 5.85. The Labute approximate surface area is 191 Å². The first-order valence-corrected chi connectivity index (χ1v) is 10.6. The van der Waals surface area contributed by atoms with Crippen LogP contribution in [0.5, 0.6) is 0 Å². The highest BCUT2D eigenvalue weighted by Gasteiger charge is 2.22. The molecule has 0 bridgehead atoms. The Morgan fingerprint density at radius 1 is 0.909 bits per heavy atom. The molecule has 5 aromatic rings. The van der Waals surface area contributed by atoms with Crippen LogP contribution in [0.25, 0.3) is 44.8 Å². The summed E-state index contributed by atoms with van der Waals surface area (Å²) in [6, 6.07) is 17.9. The van der Waals surface area contributed by atoms with E-state index >= 15 is 0 Å². The van der Waals surface area contributed by atoms with Crippen molar-refractivity contribution in [1.82, 2.24) is 30.1 Å². The topological polar surface area (TPSA) is 104 Å². The van der Waals surface area contributed by atoms with Crippen molar-refractivity contribution in [2.24, 2.45) is 0 Å². The van der Waals surface area contributed by atoms with E-state index in [4.69, 9.17) is 4.98 Å². The van der Waals surface area contributed by atoms with Gasteiger partial charge in [-0.05, 0) is 68.8 Å². The highest BCUT2D eigenvalue weighted by Crippen LogP contribution is 2.31. The average Bonchev–Trinajstić information content (AvgIpc) is 3.33. The number of pyridine rings is 4. The molecule has 0 unspecified atom stereocenters. The van der Waals surface area contributed by atoms with Crippen molar-refractivity contribution in [2.75, 3.05) is 0 Å². The van der Waals surface area contributed by atoms with Crippen molar-refractivity contribution >= 4 is 11.0 Å². The van der Waals surface area contributed by atoms with E-state index in [-0.39, 0.29) is 0 Å². The van der Waals surface area contributed by atoms with Crippen LogP contribution in [0.1, 0.15) is 25.2 Å². The van der Waals surface area contributed by atoms with E-state index in [0.717, 1.165) is 56.2 Å². The van der Waals surface area contributed by atoms with E-state index in [9.17, 15) is 5.26 Å². The van der Waals surface area contributed by atoms with Gasteiger partial charge < -0.3 is 0 Å². The minimum atomic E-state index is -0.673. The number of hydrogen-bond acceptors (Lipinski definition) is 6. The van der Waals surface area contributed by atoms with Gasteiger partial charge in [-0.1, -0.05) is 6.07 Å². The molecule has 5 aromatic heterocycles. The molecule has 0 aliphatic heterocycles. The molecule has 0 atom stereocenters. The first kappa shape index (κ1) is 20.5. The molecule has 0 amide bonds. The number of hydrogen-bond donors (Lipinski definition) is 1. The van der Waals surface area contributed by atoms with Crippen LogP contribution >= 0.6 is 0 Å². The second-order valence-electron chi connectivity index (χ2n) is 8.44. The fourth-order valence-corrected chi connectivity index (χ4v) is 3.68. The molecule has 0 saturated carbocycles. The third-order valence-electron chi connectivity index (χ3n) is 5.60. The summed E-state index contributed by atoms with van der Waals surface area (Å²) in [5.74, 6) is 0. The molecule has 5 rings (SSSR count). The molecule has 0 aliphatic carbocycles. The molecule has 0 aliphatic rings. The number of nitrogens with one attached hydrogen (secondary N) is 1. The predicted octanol–water partition coefficient (Wildman–Crippen LogP) is 5.25. The summed E-state index contributed by atoms with van der Waals surface area (Å²) >= 11 is 0. The van der Waals surface area contributed by atoms with Gasteiger partial charge in [0.2, 0.25) is 0 Å². The third kappa shape index (κ3) is 3.83. The Bertz CT molecular complexity index is 1530. The van der Waals surface area contributed by atoms with Gasteiger partial charge in [-0.15, -0.1) is 0 Å². The van der Waals surface area contributed by atoms with Crippen LogP contribution < -0.4 is 0 Å². The largest absolute Gasteiger partial charge is 0.284 e. The van der Waals surface area contributed by atoms with Gasteiger partial charge in [0, 0.05) is 35.4 Å². The number of aromatic nitrogens is 6. The van der Waals surface area contributed by atoms with Crippen LogP contribution in [-0.4, -0.2) is 30.1 Å². The van der Waals surface area contributed by atoms with Gasteiger partial charge in [-0.2, -0.15) is 10.4 Å². The lowest BCUT2D eigenvalue weighted by atomic mass is 9.89. The second kappa shape index (κ2) is 7.92. The Morgan fingerprint density at radius 3 is 2.61 bits per heavy atom. The number of nitriles is 1. The first-order chi connectivity index (χ1) is 15.9. The van der Waals surface area contributed by atoms with E-state index in [2.05, 4.69) is 31.2 Å². The lowest BCUT2D eigenvalue weighted by Gasteiger charge is -2.15. The maximum Gasteiger partial charge on any atom is 0.120 e. The molecule has 0 aromatic carbocycles. The van der Waals surface area contributed by atoms with Crippen molar-refractivity contribution in [2.45, 2.75) is 26.2 Å². The fraction of sp³-hybridized carbons (Fsp3) is 0.154. The summed E-state index contributed by atoms with van der Waals surface area (Å²) in [6.07, 6.45) is 5.39. The zero-order chi connectivity index (χ0) is 23.0. The van der Waals surface area contributed by atoms with Gasteiger partial charge in [0.15, 0.2) is 0 Å². The summed E-state index contributed by atoms with van der Waals surface area (Å²) in [7, 11) is 0. The van der Waals surface area contributed by atoms with Gasteiger partial charge in [-0.25, -0.2) is 4.98 Å². The zero-order valence-electron chi connectivity index (χ0n) is 18.5. The number of nitrogens with zero attached hydrogens (tertiary/aromatic N) is 6. The van der Waals surface area contributed by atoms with Crippen LogP contribution in [0.15, 0.2) is 67.1 Å². The molecule has 33 heavy (non-hydrogen) atoms. The van der Waals surface area contributed by atoms with Gasteiger partial charge in [0.05, 0.1) is 39.6 Å². The average molecular weight is 432 g/mol. The quantitative estimate of drug-likeness (QED) is 0.417. The molecular weight excluding hydrogens is 410 g/mol. The summed E-state index contributed by atoms with van der Waals surface area (Å²) in [5.41, 5.74) is 7.62. The smallest absolute Gasteiger partial charge is 0.120 e. The Kier molecular flexibility index (Phi) is 4.91. The minimum absolute atomic E-state index is 0.673. The van der Waals surface area contributed by atoms with E-state index < -0.39 is 5.41 Å². The van der Waals surface area contributed by atoms with Gasteiger partial charge >= 0.3 is 0 Å². The number of aryl methyl sites for hydroxylation is 1. The normalized spacial score (nSPS) is 11.5. The second-order valence-corrected chi connectivity index (χ2v) is 8.44. The van der Waals surface area contributed by atoms with Crippen molar-refractivity contribution in [3.05, 3.63) is 78.5 Å². The first-order valence-electron chi connectivity index (χ1n) is 10.6. The third-order valence-corrected chi connectivity index (χ3v) is 5.60. The van der Waals surface area contributed by atoms with Crippen LogP contribution in [0, 0.1) is 18.3 Å². The molecule has 1 N–H and O–H groups in total. The summed E-state index contributed by atoms with van der Waals surface area (Å²) in [5, 5.41) is 16.8. The lowest BCUT2D eigenvalue weighted by molar-refractivity contribution is 0.660. The predicted molar refractivity (Wildman–Crippen MR) is 127 cm³/mol. The number of aromatic amines is 1. The molecule has 160 valence electrons. The van der Waals surface area contributed by atoms with Crippen molar-refractivity contribution in [3.63, 3.8) is 0 Å². The maximum atomic E-state index is 9.47. The zero-order valence-corrected chi connectivity index (χ0v) is 18.5. The van der Waals surface area contributed by atoms with Gasteiger partial charge in [0.1, 0.15) is 5.69 Å². The maximum absolute atomic E-state index is 9.47. The standard InChI is InChI=1S/C26H21N7/c1-16-5-4-6-22(31-16)25-19(14-30-33-25)20-7-8-21-23(32-20)11-18(13-29-21)17-9-10-28-24(12-17)26(2,3)15-27/h4-14H,1-3H3,(H,30,33). The Balaban J connectivity index is 1.58. The van der Waals surface area contributed by atoms with Crippen molar-refractivity contribution in [1.29, 1.82) is 5.26 Å². The molecule has 0 radical (unpaired) electrons. The van der Waals surface area contributed by atoms with Gasteiger partial charge in [-0.3, -0.25) is 20.1 Å². The van der Waals surface area contributed by atoms with Crippen LogP contribution in [-0.2, 0) is 5.41 Å². The summed E-state index contributed by atoms with van der Waals surface area (Å²) in [6.45, 7) is 5.67. The van der Waals surface area contributed by atoms with E-state index in [1.165, 1.54) is 0 Å². The highest BCUT2D eigenvalue weighted by atomic mass is 15.1. The van der Waals surface area contributed by atoms with E-state index in [1.807, 2.05) is 81.7 Å². The molecule has 0 fully saturated rings. The number of fused-ring (bicyclic) bond motifs is 1. The monoisotopic (exact) mass is 431 g/mol. The Morgan fingerprint density at radius 2 is 1.79 bits per heavy atom.